The van der Waals surface area contributed by atoms with E-state index in [9.17, 15) is 8.42 Å². The van der Waals surface area contributed by atoms with Gasteiger partial charge < -0.3 is 4.74 Å². The molecule has 0 radical (unpaired) electrons. The molecule has 5 nitrogen and oxygen atoms in total. The van der Waals surface area contributed by atoms with Crippen molar-refractivity contribution in [2.24, 2.45) is 5.92 Å². The fourth-order valence-corrected chi connectivity index (χ4v) is 3.81. The molecular weight excluding hydrogens is 264 g/mol. The molecule has 106 valence electrons. The lowest BCUT2D eigenvalue weighted by Crippen LogP contribution is -2.39. The molecule has 0 N–H and O–H groups in total. The minimum atomic E-state index is -3.41. The van der Waals surface area contributed by atoms with Gasteiger partial charge in [-0.05, 0) is 31.7 Å². The second-order valence-electron chi connectivity index (χ2n) is 4.88. The van der Waals surface area contributed by atoms with Crippen LogP contribution in [0.5, 0.6) is 5.88 Å². The summed E-state index contributed by atoms with van der Waals surface area (Å²) in [5.74, 6) is 0.868. The Morgan fingerprint density at radius 1 is 1.47 bits per heavy atom. The van der Waals surface area contributed by atoms with Crippen molar-refractivity contribution in [2.45, 2.75) is 31.6 Å². The average molecular weight is 284 g/mol. The molecule has 1 aromatic heterocycles. The summed E-state index contributed by atoms with van der Waals surface area (Å²) < 4.78 is 31.7. The fraction of sp³-hybridized carbons (Fsp3) is 0.615. The maximum Gasteiger partial charge on any atom is 0.244 e. The third kappa shape index (κ3) is 3.25. The second kappa shape index (κ2) is 5.88. The smallest absolute Gasteiger partial charge is 0.244 e. The van der Waals surface area contributed by atoms with Gasteiger partial charge in [0.05, 0.1) is 12.8 Å². The highest BCUT2D eigenvalue weighted by molar-refractivity contribution is 7.89. The molecule has 0 aliphatic carbocycles. The van der Waals surface area contributed by atoms with E-state index in [-0.39, 0.29) is 4.90 Å². The van der Waals surface area contributed by atoms with Gasteiger partial charge in [-0.1, -0.05) is 6.92 Å². The van der Waals surface area contributed by atoms with Crippen LogP contribution in [0.25, 0.3) is 0 Å². The number of ether oxygens (including phenoxy) is 1. The largest absolute Gasteiger partial charge is 0.478 e. The average Bonchev–Trinajstić information content (AvgIpc) is 2.40. The van der Waals surface area contributed by atoms with Gasteiger partial charge in [0.2, 0.25) is 15.9 Å². The van der Waals surface area contributed by atoms with E-state index in [1.165, 1.54) is 6.20 Å². The number of nitrogens with zero attached hydrogens (tertiary/aromatic N) is 2. The molecule has 1 saturated heterocycles. The minimum absolute atomic E-state index is 0.241. The zero-order chi connectivity index (χ0) is 13.9. The van der Waals surface area contributed by atoms with Crippen LogP contribution in [0.1, 0.15) is 26.7 Å². The Morgan fingerprint density at radius 3 is 2.84 bits per heavy atom. The Morgan fingerprint density at radius 2 is 2.26 bits per heavy atom. The molecule has 1 aliphatic rings. The molecule has 1 aromatic rings. The van der Waals surface area contributed by atoms with Gasteiger partial charge in [0.15, 0.2) is 0 Å². The van der Waals surface area contributed by atoms with E-state index in [0.29, 0.717) is 31.5 Å². The molecule has 6 heteroatoms. The maximum absolute atomic E-state index is 12.4. The summed E-state index contributed by atoms with van der Waals surface area (Å²) in [7, 11) is -3.41. The maximum atomic E-state index is 12.4. The van der Waals surface area contributed by atoms with Crippen molar-refractivity contribution in [3.63, 3.8) is 0 Å². The van der Waals surface area contributed by atoms with Crippen LogP contribution in [-0.4, -0.2) is 37.4 Å². The summed E-state index contributed by atoms with van der Waals surface area (Å²) >= 11 is 0. The van der Waals surface area contributed by atoms with Gasteiger partial charge in [-0.3, -0.25) is 0 Å². The first kappa shape index (κ1) is 14.3. The van der Waals surface area contributed by atoms with E-state index in [1.54, 1.807) is 16.4 Å². The van der Waals surface area contributed by atoms with Crippen molar-refractivity contribution in [3.05, 3.63) is 18.3 Å². The summed E-state index contributed by atoms with van der Waals surface area (Å²) in [5.41, 5.74) is 0. The van der Waals surface area contributed by atoms with Gasteiger partial charge in [-0.15, -0.1) is 0 Å². The molecule has 19 heavy (non-hydrogen) atoms. The van der Waals surface area contributed by atoms with Gasteiger partial charge >= 0.3 is 0 Å². The van der Waals surface area contributed by atoms with Crippen LogP contribution in [0.2, 0.25) is 0 Å². The van der Waals surface area contributed by atoms with Crippen LogP contribution in [0.4, 0.5) is 0 Å². The Hall–Kier alpha value is -1.14. The zero-order valence-electron chi connectivity index (χ0n) is 11.4. The number of hydrogen-bond donors (Lipinski definition) is 0. The van der Waals surface area contributed by atoms with Crippen LogP contribution < -0.4 is 4.74 Å². The Kier molecular flexibility index (Phi) is 4.42. The van der Waals surface area contributed by atoms with Crippen LogP contribution in [0, 0.1) is 5.92 Å². The number of piperidine rings is 1. The number of rotatable bonds is 4. The summed E-state index contributed by atoms with van der Waals surface area (Å²) in [4.78, 5) is 4.26. The van der Waals surface area contributed by atoms with E-state index in [4.69, 9.17) is 4.74 Å². The third-order valence-electron chi connectivity index (χ3n) is 3.26. The van der Waals surface area contributed by atoms with Crippen LogP contribution in [-0.2, 0) is 10.0 Å². The predicted molar refractivity (Wildman–Crippen MR) is 72.6 cm³/mol. The van der Waals surface area contributed by atoms with Crippen molar-refractivity contribution in [1.29, 1.82) is 0 Å². The van der Waals surface area contributed by atoms with Gasteiger partial charge in [0.25, 0.3) is 0 Å². The summed E-state index contributed by atoms with van der Waals surface area (Å²) in [6.45, 7) is 5.65. The van der Waals surface area contributed by atoms with Gasteiger partial charge in [-0.25, -0.2) is 13.4 Å². The fourth-order valence-electron chi connectivity index (χ4n) is 2.27. The van der Waals surface area contributed by atoms with Crippen molar-refractivity contribution in [2.75, 3.05) is 19.7 Å². The van der Waals surface area contributed by atoms with Crippen molar-refractivity contribution >= 4 is 10.0 Å². The molecule has 0 saturated carbocycles. The monoisotopic (exact) mass is 284 g/mol. The number of aromatic nitrogens is 1. The number of sulfonamides is 1. The molecule has 0 amide bonds. The van der Waals surface area contributed by atoms with E-state index in [0.717, 1.165) is 12.8 Å². The standard InChI is InChI=1S/C13H20N2O3S/c1-3-18-13-7-6-12(9-14-13)19(16,17)15-8-4-5-11(2)10-15/h6-7,9,11H,3-5,8,10H2,1-2H3. The number of pyridine rings is 1. The van der Waals surface area contributed by atoms with Crippen molar-refractivity contribution in [3.8, 4) is 5.88 Å². The van der Waals surface area contributed by atoms with Crippen molar-refractivity contribution in [1.82, 2.24) is 9.29 Å². The lowest BCUT2D eigenvalue weighted by atomic mass is 10.0. The highest BCUT2D eigenvalue weighted by Crippen LogP contribution is 2.23. The first-order valence-electron chi connectivity index (χ1n) is 6.63. The highest BCUT2D eigenvalue weighted by atomic mass is 32.2. The Balaban J connectivity index is 2.18. The van der Waals surface area contributed by atoms with Crippen molar-refractivity contribution < 1.29 is 13.2 Å². The highest BCUT2D eigenvalue weighted by Gasteiger charge is 2.28. The molecule has 2 heterocycles. The van der Waals surface area contributed by atoms with E-state index in [1.807, 2.05) is 6.92 Å². The molecule has 0 aromatic carbocycles. The number of hydrogen-bond acceptors (Lipinski definition) is 4. The Labute approximate surface area is 114 Å². The lowest BCUT2D eigenvalue weighted by molar-refractivity contribution is 0.281. The van der Waals surface area contributed by atoms with Crippen LogP contribution in [0.15, 0.2) is 23.2 Å². The minimum Gasteiger partial charge on any atom is -0.478 e. The third-order valence-corrected chi connectivity index (χ3v) is 5.11. The van der Waals surface area contributed by atoms with Gasteiger partial charge in [0.1, 0.15) is 4.90 Å². The van der Waals surface area contributed by atoms with Gasteiger partial charge in [0, 0.05) is 19.2 Å². The molecule has 1 atom stereocenters. The van der Waals surface area contributed by atoms with Gasteiger partial charge in [-0.2, -0.15) is 4.31 Å². The summed E-state index contributed by atoms with van der Waals surface area (Å²) in [6.07, 6.45) is 3.39. The summed E-state index contributed by atoms with van der Waals surface area (Å²) in [5, 5.41) is 0. The molecule has 1 unspecified atom stereocenters. The summed E-state index contributed by atoms with van der Waals surface area (Å²) in [6, 6.07) is 3.16. The first-order chi connectivity index (χ1) is 9.04. The molecule has 1 aliphatic heterocycles. The molecule has 0 bridgehead atoms. The predicted octanol–water partition coefficient (Wildman–Crippen LogP) is 1.90. The molecule has 2 rings (SSSR count). The molecule has 0 spiro atoms. The van der Waals surface area contributed by atoms with E-state index in [2.05, 4.69) is 11.9 Å². The van der Waals surface area contributed by atoms with Crippen LogP contribution in [0.3, 0.4) is 0 Å². The van der Waals surface area contributed by atoms with E-state index >= 15 is 0 Å². The first-order valence-corrected chi connectivity index (χ1v) is 8.07. The zero-order valence-corrected chi connectivity index (χ0v) is 12.2. The normalized spacial score (nSPS) is 21.3. The lowest BCUT2D eigenvalue weighted by Gasteiger charge is -2.29. The van der Waals surface area contributed by atoms with E-state index < -0.39 is 10.0 Å². The topological polar surface area (TPSA) is 59.5 Å². The molecule has 1 fully saturated rings. The Bertz CT molecular complexity index is 513. The van der Waals surface area contributed by atoms with Crippen LogP contribution >= 0.6 is 0 Å². The second-order valence-corrected chi connectivity index (χ2v) is 6.81. The SMILES string of the molecule is CCOc1ccc(S(=O)(=O)N2CCCC(C)C2)cn1. The quantitative estimate of drug-likeness (QED) is 0.847. The molecular formula is C13H20N2O3S.